The second kappa shape index (κ2) is 11.3. The van der Waals surface area contributed by atoms with Gasteiger partial charge in [0.1, 0.15) is 5.69 Å². The van der Waals surface area contributed by atoms with Crippen LogP contribution in [0.15, 0.2) is 91.1 Å². The first-order valence-electron chi connectivity index (χ1n) is 12.7. The molecular formula is C31H27F3N4O2. The Morgan fingerprint density at radius 2 is 1.77 bits per heavy atom. The van der Waals surface area contributed by atoms with Crippen LogP contribution < -0.4 is 4.90 Å². The molecule has 0 bridgehead atoms. The van der Waals surface area contributed by atoms with Gasteiger partial charge in [0, 0.05) is 29.9 Å². The van der Waals surface area contributed by atoms with Crippen molar-refractivity contribution in [2.24, 2.45) is 0 Å². The monoisotopic (exact) mass is 544 g/mol. The SMILES string of the molecule is Cc1cc(-c2ccc3cc(C(F)(F)F)ccc3n2)ccc1N(C)C(=O)c1ccnn1CCOCc1ccccc1. The fraction of sp³-hybridized carbons (Fsp3) is 0.194. The minimum atomic E-state index is -4.41. The van der Waals surface area contributed by atoms with Crippen LogP contribution in [-0.4, -0.2) is 34.3 Å². The molecule has 6 nitrogen and oxygen atoms in total. The molecule has 204 valence electrons. The Morgan fingerprint density at radius 1 is 0.975 bits per heavy atom. The number of hydrogen-bond acceptors (Lipinski definition) is 4. The molecule has 0 aliphatic carbocycles. The molecule has 0 spiro atoms. The van der Waals surface area contributed by atoms with Gasteiger partial charge in [-0.1, -0.05) is 42.5 Å². The zero-order chi connectivity index (χ0) is 28.3. The van der Waals surface area contributed by atoms with Crippen LogP contribution in [0, 0.1) is 6.92 Å². The van der Waals surface area contributed by atoms with Crippen LogP contribution in [0.1, 0.15) is 27.2 Å². The lowest BCUT2D eigenvalue weighted by atomic mass is 10.0. The molecule has 0 saturated heterocycles. The quantitative estimate of drug-likeness (QED) is 0.199. The summed E-state index contributed by atoms with van der Waals surface area (Å²) >= 11 is 0. The van der Waals surface area contributed by atoms with E-state index in [0.717, 1.165) is 34.5 Å². The highest BCUT2D eigenvalue weighted by Gasteiger charge is 2.30. The normalized spacial score (nSPS) is 11.6. The number of ether oxygens (including phenoxy) is 1. The predicted molar refractivity (Wildman–Crippen MR) is 148 cm³/mol. The van der Waals surface area contributed by atoms with Crippen molar-refractivity contribution in [3.8, 4) is 11.3 Å². The number of aromatic nitrogens is 3. The van der Waals surface area contributed by atoms with E-state index in [1.54, 1.807) is 41.0 Å². The maximum Gasteiger partial charge on any atom is 0.416 e. The van der Waals surface area contributed by atoms with Gasteiger partial charge in [0.2, 0.25) is 0 Å². The highest BCUT2D eigenvalue weighted by molar-refractivity contribution is 6.05. The summed E-state index contributed by atoms with van der Waals surface area (Å²) in [5.74, 6) is -0.208. The Hall–Kier alpha value is -4.50. The van der Waals surface area contributed by atoms with Crippen molar-refractivity contribution >= 4 is 22.5 Å². The van der Waals surface area contributed by atoms with Crippen molar-refractivity contribution in [1.82, 2.24) is 14.8 Å². The first kappa shape index (κ1) is 27.1. The number of hydrogen-bond donors (Lipinski definition) is 0. The van der Waals surface area contributed by atoms with E-state index < -0.39 is 11.7 Å². The third-order valence-corrected chi connectivity index (χ3v) is 6.67. The number of amides is 1. The molecule has 0 aliphatic heterocycles. The summed E-state index contributed by atoms with van der Waals surface area (Å²) < 4.78 is 46.5. The highest BCUT2D eigenvalue weighted by Crippen LogP contribution is 2.32. The Labute approximate surface area is 229 Å². The maximum absolute atomic E-state index is 13.4. The van der Waals surface area contributed by atoms with Crippen molar-refractivity contribution in [2.75, 3.05) is 18.6 Å². The third-order valence-electron chi connectivity index (χ3n) is 6.67. The number of carbonyl (C=O) groups is 1. The van der Waals surface area contributed by atoms with E-state index >= 15 is 0 Å². The van der Waals surface area contributed by atoms with Crippen LogP contribution in [0.3, 0.4) is 0 Å². The Kier molecular flexibility index (Phi) is 7.66. The second-order valence-corrected chi connectivity index (χ2v) is 9.44. The van der Waals surface area contributed by atoms with E-state index in [9.17, 15) is 18.0 Å². The van der Waals surface area contributed by atoms with Gasteiger partial charge in [-0.15, -0.1) is 0 Å². The number of carbonyl (C=O) groups excluding carboxylic acids is 1. The Balaban J connectivity index is 1.28. The van der Waals surface area contributed by atoms with E-state index in [1.807, 2.05) is 55.5 Å². The van der Waals surface area contributed by atoms with Crippen molar-refractivity contribution in [3.05, 3.63) is 114 Å². The summed E-state index contributed by atoms with van der Waals surface area (Å²) in [6.07, 6.45) is -2.81. The molecule has 5 aromatic rings. The average molecular weight is 545 g/mol. The second-order valence-electron chi connectivity index (χ2n) is 9.44. The molecule has 5 rings (SSSR count). The molecule has 0 aliphatic rings. The van der Waals surface area contributed by atoms with E-state index in [1.165, 1.54) is 6.07 Å². The van der Waals surface area contributed by atoms with E-state index in [-0.39, 0.29) is 5.91 Å². The topological polar surface area (TPSA) is 60.2 Å². The van der Waals surface area contributed by atoms with E-state index in [4.69, 9.17) is 4.74 Å². The summed E-state index contributed by atoms with van der Waals surface area (Å²) in [5, 5.41) is 4.71. The van der Waals surface area contributed by atoms with Gasteiger partial charge in [0.15, 0.2) is 0 Å². The fourth-order valence-electron chi connectivity index (χ4n) is 4.54. The molecule has 0 atom stereocenters. The largest absolute Gasteiger partial charge is 0.416 e. The van der Waals surface area contributed by atoms with E-state index in [0.29, 0.717) is 42.0 Å². The Morgan fingerprint density at radius 3 is 2.52 bits per heavy atom. The molecule has 0 unspecified atom stereocenters. The van der Waals surface area contributed by atoms with Crippen molar-refractivity contribution in [1.29, 1.82) is 0 Å². The molecule has 0 N–H and O–H groups in total. The van der Waals surface area contributed by atoms with E-state index in [2.05, 4.69) is 10.1 Å². The number of nitrogens with zero attached hydrogens (tertiary/aromatic N) is 4. The summed E-state index contributed by atoms with van der Waals surface area (Å²) in [6, 6.07) is 24.0. The number of aryl methyl sites for hydroxylation is 1. The number of anilines is 1. The molecule has 0 radical (unpaired) electrons. The highest BCUT2D eigenvalue weighted by atomic mass is 19.4. The van der Waals surface area contributed by atoms with Crippen LogP contribution in [0.4, 0.5) is 18.9 Å². The summed E-state index contributed by atoms with van der Waals surface area (Å²) in [4.78, 5) is 19.5. The van der Waals surface area contributed by atoms with Gasteiger partial charge in [0.05, 0.1) is 36.5 Å². The standard InChI is InChI=1S/C31H27F3N4O2/c1-21-18-23(26-11-8-24-19-25(31(32,33)34)10-12-27(24)36-26)9-13-28(21)37(2)30(39)29-14-15-35-38(29)16-17-40-20-22-6-4-3-5-7-22/h3-15,18-19H,16-17,20H2,1-2H3. The fourth-order valence-corrected chi connectivity index (χ4v) is 4.54. The lowest BCUT2D eigenvalue weighted by Crippen LogP contribution is -2.29. The summed E-state index contributed by atoms with van der Waals surface area (Å²) in [6.45, 7) is 3.22. The number of fused-ring (bicyclic) bond motifs is 1. The van der Waals surface area contributed by atoms with Gasteiger partial charge < -0.3 is 9.64 Å². The first-order chi connectivity index (χ1) is 19.2. The van der Waals surface area contributed by atoms with Crippen LogP contribution in [0.5, 0.6) is 0 Å². The van der Waals surface area contributed by atoms with Gasteiger partial charge >= 0.3 is 6.18 Å². The predicted octanol–water partition coefficient (Wildman–Crippen LogP) is 6.92. The van der Waals surface area contributed by atoms with Gasteiger partial charge in [0.25, 0.3) is 5.91 Å². The summed E-state index contributed by atoms with van der Waals surface area (Å²) in [5.41, 5.74) is 4.28. The molecule has 2 heterocycles. The lowest BCUT2D eigenvalue weighted by Gasteiger charge is -2.21. The zero-order valence-electron chi connectivity index (χ0n) is 22.0. The van der Waals surface area contributed by atoms with Crippen LogP contribution in [0.2, 0.25) is 0 Å². The maximum atomic E-state index is 13.4. The minimum Gasteiger partial charge on any atom is -0.375 e. The number of halogens is 3. The van der Waals surface area contributed by atoms with Crippen LogP contribution in [-0.2, 0) is 24.1 Å². The average Bonchev–Trinajstić information content (AvgIpc) is 3.42. The van der Waals surface area contributed by atoms with Crippen molar-refractivity contribution < 1.29 is 22.7 Å². The smallest absolute Gasteiger partial charge is 0.375 e. The van der Waals surface area contributed by atoms with Crippen LogP contribution >= 0.6 is 0 Å². The zero-order valence-corrected chi connectivity index (χ0v) is 22.0. The number of rotatable bonds is 8. The lowest BCUT2D eigenvalue weighted by molar-refractivity contribution is -0.137. The van der Waals surface area contributed by atoms with Gasteiger partial charge in [-0.25, -0.2) is 4.98 Å². The molecule has 2 aromatic heterocycles. The molecule has 3 aromatic carbocycles. The number of pyridine rings is 1. The molecule has 0 saturated carbocycles. The van der Waals surface area contributed by atoms with Crippen molar-refractivity contribution in [3.63, 3.8) is 0 Å². The molecule has 0 fully saturated rings. The minimum absolute atomic E-state index is 0.208. The van der Waals surface area contributed by atoms with Gasteiger partial charge in [-0.3, -0.25) is 9.48 Å². The molecule has 40 heavy (non-hydrogen) atoms. The van der Waals surface area contributed by atoms with Crippen LogP contribution in [0.25, 0.3) is 22.2 Å². The number of alkyl halides is 3. The third kappa shape index (κ3) is 5.89. The number of benzene rings is 3. The molecular weight excluding hydrogens is 517 g/mol. The Bertz CT molecular complexity index is 1650. The van der Waals surface area contributed by atoms with Gasteiger partial charge in [-0.05, 0) is 60.5 Å². The molecule has 9 heteroatoms. The molecule has 1 amide bonds. The van der Waals surface area contributed by atoms with Crippen molar-refractivity contribution in [2.45, 2.75) is 26.3 Å². The van der Waals surface area contributed by atoms with Gasteiger partial charge in [-0.2, -0.15) is 18.3 Å². The summed E-state index contributed by atoms with van der Waals surface area (Å²) in [7, 11) is 1.71. The first-order valence-corrected chi connectivity index (χ1v) is 12.7.